The molecule has 0 aliphatic heterocycles. The number of rotatable bonds is 7. The number of H-pyrrole nitrogens is 1. The fourth-order valence-electron chi connectivity index (χ4n) is 3.65. The molecule has 0 radical (unpaired) electrons. The number of hydrogen-bond acceptors (Lipinski definition) is 4. The minimum absolute atomic E-state index is 0.0385. The van der Waals surface area contributed by atoms with Crippen molar-refractivity contribution in [3.05, 3.63) is 53.7 Å². The number of nitrogens with one attached hydrogen (secondary N) is 2. The Kier molecular flexibility index (Phi) is 4.63. The fraction of sp³-hybridized carbons (Fsp3) is 0.318. The number of carbonyl (C=O) groups is 1. The molecule has 4 rings (SSSR count). The van der Waals surface area contributed by atoms with Crippen LogP contribution in [0.15, 0.2) is 42.6 Å². The normalized spacial score (nSPS) is 14.5. The summed E-state index contributed by atoms with van der Waals surface area (Å²) >= 11 is 0. The number of amides is 1. The van der Waals surface area contributed by atoms with Crippen LogP contribution in [0.3, 0.4) is 0 Å². The van der Waals surface area contributed by atoms with Gasteiger partial charge in [-0.2, -0.15) is 0 Å². The number of fused-ring (bicyclic) bond motifs is 1. The quantitative estimate of drug-likeness (QED) is 0.656. The number of ether oxygens (including phenoxy) is 3. The first kappa shape index (κ1) is 18.2. The molecule has 2 aromatic carbocycles. The lowest BCUT2D eigenvalue weighted by atomic mass is 9.95. The minimum Gasteiger partial charge on any atom is -0.497 e. The Morgan fingerprint density at radius 2 is 1.68 bits per heavy atom. The second-order valence-electron chi connectivity index (χ2n) is 7.18. The van der Waals surface area contributed by atoms with Crippen molar-refractivity contribution < 1.29 is 19.0 Å². The summed E-state index contributed by atoms with van der Waals surface area (Å²) in [6, 6.07) is 11.2. The van der Waals surface area contributed by atoms with E-state index in [0.717, 1.165) is 29.5 Å². The standard InChI is InChI=1S/C22H24N2O4/c1-26-15-4-5-20-18(11-15)19(12-23-20)22(6-7-22)13-24-21(25)14-8-16(27-2)10-17(9-14)28-3/h4-5,8-12,23H,6-7,13H2,1-3H3,(H,24,25). The molecule has 0 unspecified atom stereocenters. The summed E-state index contributed by atoms with van der Waals surface area (Å²) < 4.78 is 15.9. The molecule has 28 heavy (non-hydrogen) atoms. The van der Waals surface area contributed by atoms with E-state index in [4.69, 9.17) is 14.2 Å². The molecule has 1 heterocycles. The van der Waals surface area contributed by atoms with Gasteiger partial charge in [-0.1, -0.05) is 0 Å². The predicted molar refractivity (Wildman–Crippen MR) is 108 cm³/mol. The molecule has 1 aromatic heterocycles. The molecule has 1 amide bonds. The smallest absolute Gasteiger partial charge is 0.251 e. The zero-order chi connectivity index (χ0) is 19.7. The molecule has 1 aliphatic rings. The van der Waals surface area contributed by atoms with Crippen molar-refractivity contribution in [2.75, 3.05) is 27.9 Å². The maximum absolute atomic E-state index is 12.7. The molecule has 2 N–H and O–H groups in total. The molecule has 0 atom stereocenters. The Morgan fingerprint density at radius 3 is 2.29 bits per heavy atom. The molecular weight excluding hydrogens is 356 g/mol. The summed E-state index contributed by atoms with van der Waals surface area (Å²) in [6.45, 7) is 0.579. The monoisotopic (exact) mass is 380 g/mol. The van der Waals surface area contributed by atoms with Gasteiger partial charge in [0.25, 0.3) is 5.91 Å². The molecule has 6 heteroatoms. The first-order chi connectivity index (χ1) is 13.6. The van der Waals surface area contributed by atoms with Crippen molar-refractivity contribution in [3.8, 4) is 17.2 Å². The van der Waals surface area contributed by atoms with Gasteiger partial charge in [0, 0.05) is 40.7 Å². The van der Waals surface area contributed by atoms with Gasteiger partial charge < -0.3 is 24.5 Å². The van der Waals surface area contributed by atoms with Crippen molar-refractivity contribution in [2.45, 2.75) is 18.3 Å². The summed E-state index contributed by atoms with van der Waals surface area (Å²) in [5.41, 5.74) is 2.78. The van der Waals surface area contributed by atoms with E-state index in [1.54, 1.807) is 39.5 Å². The highest BCUT2D eigenvalue weighted by Gasteiger charge is 2.46. The van der Waals surface area contributed by atoms with E-state index in [1.807, 2.05) is 12.1 Å². The summed E-state index contributed by atoms with van der Waals surface area (Å²) in [4.78, 5) is 16.1. The van der Waals surface area contributed by atoms with Crippen LogP contribution in [0.4, 0.5) is 0 Å². The Morgan fingerprint density at radius 1 is 1.00 bits per heavy atom. The number of methoxy groups -OCH3 is 3. The van der Waals surface area contributed by atoms with E-state index < -0.39 is 0 Å². The Balaban J connectivity index is 1.54. The summed E-state index contributed by atoms with van der Waals surface area (Å²) in [6.07, 6.45) is 4.13. The van der Waals surface area contributed by atoms with Crippen LogP contribution in [0, 0.1) is 0 Å². The van der Waals surface area contributed by atoms with Crippen LogP contribution in [0.25, 0.3) is 10.9 Å². The first-order valence-electron chi connectivity index (χ1n) is 9.25. The van der Waals surface area contributed by atoms with Crippen molar-refractivity contribution in [3.63, 3.8) is 0 Å². The van der Waals surface area contributed by atoms with Gasteiger partial charge in [-0.3, -0.25) is 4.79 Å². The molecule has 1 aliphatic carbocycles. The lowest BCUT2D eigenvalue weighted by Gasteiger charge is -2.16. The molecule has 0 spiro atoms. The zero-order valence-corrected chi connectivity index (χ0v) is 16.3. The Hall–Kier alpha value is -3.15. The number of aromatic nitrogens is 1. The predicted octanol–water partition coefficient (Wildman–Crippen LogP) is 3.66. The fourth-order valence-corrected chi connectivity index (χ4v) is 3.65. The average Bonchev–Trinajstić information content (AvgIpc) is 3.41. The number of carbonyl (C=O) groups excluding carboxylic acids is 1. The molecule has 6 nitrogen and oxygen atoms in total. The van der Waals surface area contributed by atoms with Crippen LogP contribution < -0.4 is 19.5 Å². The lowest BCUT2D eigenvalue weighted by Crippen LogP contribution is -2.32. The largest absolute Gasteiger partial charge is 0.497 e. The van der Waals surface area contributed by atoms with Crippen molar-refractivity contribution in [1.82, 2.24) is 10.3 Å². The molecular formula is C22H24N2O4. The molecule has 0 bridgehead atoms. The highest BCUT2D eigenvalue weighted by atomic mass is 16.5. The summed E-state index contributed by atoms with van der Waals surface area (Å²) in [7, 11) is 4.81. The first-order valence-corrected chi connectivity index (χ1v) is 9.25. The topological polar surface area (TPSA) is 72.6 Å². The molecule has 3 aromatic rings. The third kappa shape index (κ3) is 3.26. The van der Waals surface area contributed by atoms with Crippen LogP contribution in [0.5, 0.6) is 17.2 Å². The maximum Gasteiger partial charge on any atom is 0.251 e. The van der Waals surface area contributed by atoms with Gasteiger partial charge in [0.2, 0.25) is 0 Å². The number of hydrogen-bond donors (Lipinski definition) is 2. The Labute approximate surface area is 163 Å². The van der Waals surface area contributed by atoms with Crippen molar-refractivity contribution in [1.29, 1.82) is 0 Å². The summed E-state index contributed by atoms with van der Waals surface area (Å²) in [5, 5.41) is 4.24. The van der Waals surface area contributed by atoms with Gasteiger partial charge >= 0.3 is 0 Å². The van der Waals surface area contributed by atoms with Crippen molar-refractivity contribution in [2.24, 2.45) is 0 Å². The van der Waals surface area contributed by atoms with Crippen LogP contribution in [-0.2, 0) is 5.41 Å². The third-order valence-electron chi connectivity index (χ3n) is 5.51. The van der Waals surface area contributed by atoms with Gasteiger partial charge in [0.05, 0.1) is 21.3 Å². The molecule has 1 saturated carbocycles. The van der Waals surface area contributed by atoms with Crippen LogP contribution >= 0.6 is 0 Å². The molecule has 1 fully saturated rings. The molecule has 0 saturated heterocycles. The zero-order valence-electron chi connectivity index (χ0n) is 16.3. The van der Waals surface area contributed by atoms with E-state index in [-0.39, 0.29) is 11.3 Å². The average molecular weight is 380 g/mol. The maximum atomic E-state index is 12.7. The van der Waals surface area contributed by atoms with Gasteiger partial charge in [-0.15, -0.1) is 0 Å². The third-order valence-corrected chi connectivity index (χ3v) is 5.51. The van der Waals surface area contributed by atoms with Crippen LogP contribution in [0.2, 0.25) is 0 Å². The number of benzene rings is 2. The molecule has 146 valence electrons. The number of aromatic amines is 1. The van der Waals surface area contributed by atoms with Gasteiger partial charge in [0.1, 0.15) is 17.2 Å². The van der Waals surface area contributed by atoms with E-state index >= 15 is 0 Å². The van der Waals surface area contributed by atoms with Crippen molar-refractivity contribution >= 4 is 16.8 Å². The highest BCUT2D eigenvalue weighted by molar-refractivity contribution is 5.95. The summed E-state index contributed by atoms with van der Waals surface area (Å²) in [5.74, 6) is 1.88. The lowest BCUT2D eigenvalue weighted by molar-refractivity contribution is 0.0949. The van der Waals surface area contributed by atoms with Crippen LogP contribution in [-0.4, -0.2) is 38.8 Å². The van der Waals surface area contributed by atoms with Gasteiger partial charge in [-0.25, -0.2) is 0 Å². The second kappa shape index (κ2) is 7.11. The highest BCUT2D eigenvalue weighted by Crippen LogP contribution is 2.50. The van der Waals surface area contributed by atoms with E-state index in [1.165, 1.54) is 5.56 Å². The van der Waals surface area contributed by atoms with E-state index in [0.29, 0.717) is 23.6 Å². The Bertz CT molecular complexity index is 998. The van der Waals surface area contributed by atoms with E-state index in [9.17, 15) is 4.79 Å². The van der Waals surface area contributed by atoms with Gasteiger partial charge in [0.15, 0.2) is 0 Å². The van der Waals surface area contributed by atoms with Gasteiger partial charge in [-0.05, 0) is 48.7 Å². The van der Waals surface area contributed by atoms with Crippen LogP contribution in [0.1, 0.15) is 28.8 Å². The van der Waals surface area contributed by atoms with E-state index in [2.05, 4.69) is 22.6 Å². The minimum atomic E-state index is -0.138. The SMILES string of the molecule is COc1cc(OC)cc(C(=O)NCC2(c3c[nH]c4ccc(OC)cc34)CC2)c1. The second-order valence-corrected chi connectivity index (χ2v) is 7.18.